The van der Waals surface area contributed by atoms with Gasteiger partial charge >= 0.3 is 0 Å². The van der Waals surface area contributed by atoms with Gasteiger partial charge in [-0.1, -0.05) is 24.5 Å². The molecule has 0 radical (unpaired) electrons. The Kier molecular flexibility index (Phi) is 5.96. The van der Waals surface area contributed by atoms with Crippen LogP contribution in [0.4, 0.5) is 0 Å². The minimum Gasteiger partial charge on any atom is -0.377 e. The first-order chi connectivity index (χ1) is 7.20. The van der Waals surface area contributed by atoms with E-state index in [1.54, 1.807) is 0 Å². The molecule has 2 N–H and O–H groups in total. The molecule has 1 unspecified atom stereocenters. The van der Waals surface area contributed by atoms with Gasteiger partial charge in [0.05, 0.1) is 12.7 Å². The van der Waals surface area contributed by atoms with Gasteiger partial charge in [0.1, 0.15) is 0 Å². The van der Waals surface area contributed by atoms with Gasteiger partial charge in [0.15, 0.2) is 0 Å². The molecule has 0 fully saturated rings. The first kappa shape index (κ1) is 12.7. The van der Waals surface area contributed by atoms with E-state index in [1.165, 1.54) is 44.1 Å². The van der Waals surface area contributed by atoms with Gasteiger partial charge in [-0.15, -0.1) is 0 Å². The summed E-state index contributed by atoms with van der Waals surface area (Å²) in [5, 5.41) is 0. The van der Waals surface area contributed by atoms with Crippen LogP contribution in [0.5, 0.6) is 0 Å². The zero-order valence-electron chi connectivity index (χ0n) is 10.2. The van der Waals surface area contributed by atoms with Crippen LogP contribution in [-0.4, -0.2) is 18.8 Å². The molecular weight excluding hydrogens is 186 g/mol. The van der Waals surface area contributed by atoms with Crippen molar-refractivity contribution in [2.45, 2.75) is 64.5 Å². The molecule has 15 heavy (non-hydrogen) atoms. The summed E-state index contributed by atoms with van der Waals surface area (Å²) in [5.74, 6) is 0. The Morgan fingerprint density at radius 1 is 1.27 bits per heavy atom. The van der Waals surface area contributed by atoms with Gasteiger partial charge in [-0.2, -0.15) is 0 Å². The van der Waals surface area contributed by atoms with E-state index in [-0.39, 0.29) is 12.1 Å². The van der Waals surface area contributed by atoms with E-state index in [0.717, 1.165) is 0 Å². The summed E-state index contributed by atoms with van der Waals surface area (Å²) in [6, 6.07) is 0.116. The van der Waals surface area contributed by atoms with Crippen molar-refractivity contribution in [2.24, 2.45) is 5.73 Å². The summed E-state index contributed by atoms with van der Waals surface area (Å²) in [5.41, 5.74) is 7.54. The Morgan fingerprint density at radius 3 is 2.73 bits per heavy atom. The molecule has 1 atom stereocenters. The summed E-state index contributed by atoms with van der Waals surface area (Å²) in [6.07, 6.45) is 10.3. The van der Waals surface area contributed by atoms with Crippen LogP contribution in [0, 0.1) is 0 Å². The number of ether oxygens (including phenoxy) is 1. The highest BCUT2D eigenvalue weighted by atomic mass is 16.5. The van der Waals surface area contributed by atoms with E-state index >= 15 is 0 Å². The minimum absolute atomic E-state index is 0.116. The fourth-order valence-corrected chi connectivity index (χ4v) is 1.96. The van der Waals surface area contributed by atoms with E-state index in [0.29, 0.717) is 6.61 Å². The molecule has 0 saturated heterocycles. The zero-order chi connectivity index (χ0) is 11.1. The Balaban J connectivity index is 2.37. The topological polar surface area (TPSA) is 35.2 Å². The molecule has 2 nitrogen and oxygen atoms in total. The highest BCUT2D eigenvalue weighted by Crippen LogP contribution is 2.19. The molecule has 1 aliphatic carbocycles. The second kappa shape index (κ2) is 7.02. The zero-order valence-corrected chi connectivity index (χ0v) is 10.2. The molecule has 2 heteroatoms. The van der Waals surface area contributed by atoms with E-state index in [2.05, 4.69) is 19.9 Å². The maximum Gasteiger partial charge on any atom is 0.0659 e. The van der Waals surface area contributed by atoms with Crippen LogP contribution in [0.1, 0.15) is 52.4 Å². The van der Waals surface area contributed by atoms with Gasteiger partial charge in [-0.25, -0.2) is 0 Å². The van der Waals surface area contributed by atoms with Crippen molar-refractivity contribution in [3.8, 4) is 0 Å². The summed E-state index contributed by atoms with van der Waals surface area (Å²) < 4.78 is 5.56. The third-order valence-corrected chi connectivity index (χ3v) is 2.91. The third-order valence-electron chi connectivity index (χ3n) is 2.91. The molecule has 0 aliphatic heterocycles. The van der Waals surface area contributed by atoms with Gasteiger partial charge in [0.2, 0.25) is 0 Å². The third kappa shape index (κ3) is 5.33. The predicted octanol–water partition coefficient (Wildman–Crippen LogP) is 3.02. The van der Waals surface area contributed by atoms with Crippen molar-refractivity contribution in [1.29, 1.82) is 0 Å². The standard InChI is InChI=1S/C13H25NO/c1-11(2)15-10-13(14)12-8-6-4-3-5-7-9-12/h8,11,13H,3-7,9-10,14H2,1-2H3. The fraction of sp³-hybridized carbons (Fsp3) is 0.846. The van der Waals surface area contributed by atoms with Crippen LogP contribution in [0.25, 0.3) is 0 Å². The predicted molar refractivity (Wildman–Crippen MR) is 64.8 cm³/mol. The van der Waals surface area contributed by atoms with Crippen LogP contribution in [0.15, 0.2) is 11.6 Å². The Hall–Kier alpha value is -0.340. The Morgan fingerprint density at radius 2 is 2.00 bits per heavy atom. The highest BCUT2D eigenvalue weighted by Gasteiger charge is 2.11. The van der Waals surface area contributed by atoms with E-state index < -0.39 is 0 Å². The second-order valence-corrected chi connectivity index (χ2v) is 4.72. The van der Waals surface area contributed by atoms with Gasteiger partial charge < -0.3 is 10.5 Å². The summed E-state index contributed by atoms with van der Waals surface area (Å²) >= 11 is 0. The monoisotopic (exact) mass is 211 g/mol. The first-order valence-electron chi connectivity index (χ1n) is 6.26. The number of hydrogen-bond acceptors (Lipinski definition) is 2. The maximum atomic E-state index is 6.12. The first-order valence-corrected chi connectivity index (χ1v) is 6.26. The number of rotatable bonds is 4. The van der Waals surface area contributed by atoms with Crippen molar-refractivity contribution in [1.82, 2.24) is 0 Å². The average Bonchev–Trinajstić information content (AvgIpc) is 2.13. The molecule has 0 aromatic carbocycles. The Bertz CT molecular complexity index is 199. The molecule has 0 aromatic rings. The van der Waals surface area contributed by atoms with Crippen LogP contribution in [0.2, 0.25) is 0 Å². The molecule has 0 spiro atoms. The summed E-state index contributed by atoms with van der Waals surface area (Å²) in [4.78, 5) is 0. The van der Waals surface area contributed by atoms with Crippen molar-refractivity contribution in [2.75, 3.05) is 6.61 Å². The lowest BCUT2D eigenvalue weighted by molar-refractivity contribution is 0.0731. The smallest absolute Gasteiger partial charge is 0.0659 e. The lowest BCUT2D eigenvalue weighted by Crippen LogP contribution is -2.30. The highest BCUT2D eigenvalue weighted by molar-refractivity contribution is 5.10. The molecule has 88 valence electrons. The Labute approximate surface area is 93.9 Å². The van der Waals surface area contributed by atoms with Crippen molar-refractivity contribution < 1.29 is 4.74 Å². The maximum absolute atomic E-state index is 6.12. The van der Waals surface area contributed by atoms with E-state index in [4.69, 9.17) is 10.5 Å². The van der Waals surface area contributed by atoms with Crippen molar-refractivity contribution >= 4 is 0 Å². The SMILES string of the molecule is CC(C)OCC(N)C1=CCCCCCC1. The normalized spacial score (nSPS) is 20.7. The quantitative estimate of drug-likeness (QED) is 0.725. The largest absolute Gasteiger partial charge is 0.377 e. The van der Waals surface area contributed by atoms with Crippen molar-refractivity contribution in [3.05, 3.63) is 11.6 Å². The number of hydrogen-bond donors (Lipinski definition) is 1. The van der Waals surface area contributed by atoms with Gasteiger partial charge in [-0.05, 0) is 39.5 Å². The molecule has 1 rings (SSSR count). The molecular formula is C13H25NO. The van der Waals surface area contributed by atoms with Crippen LogP contribution >= 0.6 is 0 Å². The number of nitrogens with two attached hydrogens (primary N) is 1. The molecule has 0 aromatic heterocycles. The van der Waals surface area contributed by atoms with E-state index in [9.17, 15) is 0 Å². The second-order valence-electron chi connectivity index (χ2n) is 4.72. The van der Waals surface area contributed by atoms with Crippen molar-refractivity contribution in [3.63, 3.8) is 0 Å². The minimum atomic E-state index is 0.116. The van der Waals surface area contributed by atoms with Crippen LogP contribution in [-0.2, 0) is 4.74 Å². The molecule has 0 heterocycles. The molecule has 0 amide bonds. The van der Waals surface area contributed by atoms with Gasteiger partial charge in [-0.3, -0.25) is 0 Å². The molecule has 1 aliphatic rings. The van der Waals surface area contributed by atoms with E-state index in [1.807, 2.05) is 0 Å². The summed E-state index contributed by atoms with van der Waals surface area (Å²) in [6.45, 7) is 4.78. The number of allylic oxidation sites excluding steroid dienone is 1. The molecule has 0 saturated carbocycles. The summed E-state index contributed by atoms with van der Waals surface area (Å²) in [7, 11) is 0. The lowest BCUT2D eigenvalue weighted by atomic mass is 9.96. The molecule has 0 bridgehead atoms. The van der Waals surface area contributed by atoms with Gasteiger partial charge in [0.25, 0.3) is 0 Å². The van der Waals surface area contributed by atoms with Gasteiger partial charge in [0, 0.05) is 6.04 Å². The fourth-order valence-electron chi connectivity index (χ4n) is 1.96. The van der Waals surface area contributed by atoms with Crippen LogP contribution in [0.3, 0.4) is 0 Å². The average molecular weight is 211 g/mol. The van der Waals surface area contributed by atoms with Crippen LogP contribution < -0.4 is 5.73 Å². The lowest BCUT2D eigenvalue weighted by Gasteiger charge is -2.19.